The quantitative estimate of drug-likeness (QED) is 0.613. The highest BCUT2D eigenvalue weighted by Crippen LogP contribution is 2.35. The molecule has 3 aromatic rings. The lowest BCUT2D eigenvalue weighted by molar-refractivity contribution is -0.127. The molecule has 144 valence electrons. The fourth-order valence-corrected chi connectivity index (χ4v) is 3.87. The lowest BCUT2D eigenvalue weighted by Gasteiger charge is -2.10. The summed E-state index contributed by atoms with van der Waals surface area (Å²) in [5.41, 5.74) is 3.22. The van der Waals surface area contributed by atoms with Crippen molar-refractivity contribution in [3.8, 4) is 11.3 Å². The van der Waals surface area contributed by atoms with Gasteiger partial charge in [-0.2, -0.15) is 0 Å². The Labute approximate surface area is 166 Å². The average Bonchev–Trinajstić information content (AvgIpc) is 3.24. The van der Waals surface area contributed by atoms with E-state index in [2.05, 4.69) is 15.6 Å². The lowest BCUT2D eigenvalue weighted by Crippen LogP contribution is -2.40. The summed E-state index contributed by atoms with van der Waals surface area (Å²) in [5, 5.41) is 6.42. The highest BCUT2D eigenvalue weighted by atomic mass is 35.5. The summed E-state index contributed by atoms with van der Waals surface area (Å²) in [7, 11) is 0. The maximum absolute atomic E-state index is 14.0. The highest BCUT2D eigenvalue weighted by Gasteiger charge is 2.25. The van der Waals surface area contributed by atoms with Crippen LogP contribution in [0.1, 0.15) is 18.4 Å². The molecule has 3 N–H and O–H groups in total. The van der Waals surface area contributed by atoms with Gasteiger partial charge in [-0.1, -0.05) is 41.9 Å². The van der Waals surface area contributed by atoms with Crippen molar-refractivity contribution in [2.45, 2.75) is 25.3 Å². The van der Waals surface area contributed by atoms with E-state index in [4.69, 9.17) is 11.6 Å². The lowest BCUT2D eigenvalue weighted by atomic mass is 10.0. The van der Waals surface area contributed by atoms with Crippen molar-refractivity contribution in [2.75, 3.05) is 6.54 Å². The van der Waals surface area contributed by atoms with Crippen LogP contribution in [0.15, 0.2) is 42.5 Å². The Morgan fingerprint density at radius 3 is 2.75 bits per heavy atom. The van der Waals surface area contributed by atoms with Gasteiger partial charge in [-0.25, -0.2) is 4.39 Å². The zero-order valence-corrected chi connectivity index (χ0v) is 15.8. The molecule has 1 aromatic heterocycles. The summed E-state index contributed by atoms with van der Waals surface area (Å²) < 4.78 is 14.0. The Bertz CT molecular complexity index is 1050. The van der Waals surface area contributed by atoms with Gasteiger partial charge in [0.2, 0.25) is 11.8 Å². The maximum Gasteiger partial charge on any atom is 0.242 e. The van der Waals surface area contributed by atoms with E-state index < -0.39 is 11.9 Å². The van der Waals surface area contributed by atoms with E-state index in [9.17, 15) is 14.0 Å². The Kier molecular flexibility index (Phi) is 5.05. The molecule has 2 aromatic carbocycles. The van der Waals surface area contributed by atoms with Gasteiger partial charge in [-0.3, -0.25) is 9.59 Å². The Morgan fingerprint density at radius 2 is 2.04 bits per heavy atom. The van der Waals surface area contributed by atoms with E-state index >= 15 is 0 Å². The minimum atomic E-state index is -0.476. The second-order valence-electron chi connectivity index (χ2n) is 6.85. The standard InChI is InChI=1S/C21H19ClFN3O2/c22-16-11-13(23)10-15-14(6-7-18(27)25-17-8-9-24-21(17)28)19(26-20(15)16)12-4-2-1-3-5-12/h1-5,10-11,17,26H,6-9H2,(H,24,28)(H,25,27). The molecule has 1 fully saturated rings. The second-order valence-corrected chi connectivity index (χ2v) is 7.26. The van der Waals surface area contributed by atoms with E-state index in [0.717, 1.165) is 16.8 Å². The van der Waals surface area contributed by atoms with Gasteiger partial charge < -0.3 is 15.6 Å². The van der Waals surface area contributed by atoms with Crippen LogP contribution in [0.25, 0.3) is 22.2 Å². The number of H-pyrrole nitrogens is 1. The van der Waals surface area contributed by atoms with Gasteiger partial charge in [-0.05, 0) is 36.1 Å². The van der Waals surface area contributed by atoms with Crippen LogP contribution in [0.4, 0.5) is 4.39 Å². The summed E-state index contributed by atoms with van der Waals surface area (Å²) in [5.74, 6) is -0.790. The van der Waals surface area contributed by atoms with E-state index in [1.54, 1.807) is 0 Å². The molecule has 1 saturated heterocycles. The summed E-state index contributed by atoms with van der Waals surface area (Å²) >= 11 is 6.23. The van der Waals surface area contributed by atoms with E-state index in [-0.39, 0.29) is 18.2 Å². The summed E-state index contributed by atoms with van der Waals surface area (Å²) in [4.78, 5) is 27.3. The van der Waals surface area contributed by atoms with Crippen molar-refractivity contribution in [2.24, 2.45) is 0 Å². The first kappa shape index (κ1) is 18.5. The van der Waals surface area contributed by atoms with Gasteiger partial charge in [0.05, 0.1) is 10.5 Å². The third-order valence-corrected chi connectivity index (χ3v) is 5.28. The Balaban J connectivity index is 1.64. The number of aromatic amines is 1. The molecule has 0 radical (unpaired) electrons. The van der Waals surface area contributed by atoms with Crippen LogP contribution in [0, 0.1) is 5.82 Å². The van der Waals surface area contributed by atoms with Gasteiger partial charge in [0, 0.05) is 24.0 Å². The van der Waals surface area contributed by atoms with Crippen molar-refractivity contribution >= 4 is 34.3 Å². The normalized spacial score (nSPS) is 16.4. The number of carbonyl (C=O) groups excluding carboxylic acids is 2. The molecule has 7 heteroatoms. The number of benzene rings is 2. The smallest absolute Gasteiger partial charge is 0.242 e. The predicted octanol–water partition coefficient (Wildman–Crippen LogP) is 3.56. The van der Waals surface area contributed by atoms with Gasteiger partial charge in [0.25, 0.3) is 0 Å². The number of aromatic nitrogens is 1. The monoisotopic (exact) mass is 399 g/mol. The first-order valence-electron chi connectivity index (χ1n) is 9.15. The molecule has 0 spiro atoms. The molecule has 5 nitrogen and oxygen atoms in total. The van der Waals surface area contributed by atoms with Crippen molar-refractivity contribution in [3.05, 3.63) is 58.9 Å². The van der Waals surface area contributed by atoms with Crippen LogP contribution in [0.5, 0.6) is 0 Å². The number of halogens is 2. The molecule has 2 heterocycles. The predicted molar refractivity (Wildman–Crippen MR) is 107 cm³/mol. The van der Waals surface area contributed by atoms with Crippen molar-refractivity contribution in [3.63, 3.8) is 0 Å². The highest BCUT2D eigenvalue weighted by molar-refractivity contribution is 6.35. The Morgan fingerprint density at radius 1 is 1.25 bits per heavy atom. The number of rotatable bonds is 5. The molecule has 0 bridgehead atoms. The molecular weight excluding hydrogens is 381 g/mol. The van der Waals surface area contributed by atoms with Gasteiger partial charge in [0.1, 0.15) is 11.9 Å². The zero-order valence-electron chi connectivity index (χ0n) is 15.0. The van der Waals surface area contributed by atoms with Crippen LogP contribution in [-0.4, -0.2) is 29.4 Å². The number of fused-ring (bicyclic) bond motifs is 1. The molecule has 1 unspecified atom stereocenters. The minimum Gasteiger partial charge on any atom is -0.354 e. The third-order valence-electron chi connectivity index (χ3n) is 4.98. The van der Waals surface area contributed by atoms with Crippen LogP contribution >= 0.6 is 11.6 Å². The van der Waals surface area contributed by atoms with Gasteiger partial charge in [-0.15, -0.1) is 0 Å². The summed E-state index contributed by atoms with van der Waals surface area (Å²) in [6, 6.07) is 11.9. The van der Waals surface area contributed by atoms with Crippen LogP contribution in [0.2, 0.25) is 5.02 Å². The molecule has 2 amide bonds. The number of carbonyl (C=O) groups is 2. The Hall–Kier alpha value is -2.86. The minimum absolute atomic E-state index is 0.153. The van der Waals surface area contributed by atoms with E-state index in [0.29, 0.717) is 35.3 Å². The number of amides is 2. The van der Waals surface area contributed by atoms with Crippen LogP contribution in [0.3, 0.4) is 0 Å². The topological polar surface area (TPSA) is 74.0 Å². The molecule has 4 rings (SSSR count). The van der Waals surface area contributed by atoms with Crippen LogP contribution in [-0.2, 0) is 16.0 Å². The number of aryl methyl sites for hydroxylation is 1. The third kappa shape index (κ3) is 3.60. The summed E-state index contributed by atoms with van der Waals surface area (Å²) in [6.07, 6.45) is 1.17. The fraction of sp³-hybridized carbons (Fsp3) is 0.238. The van der Waals surface area contributed by atoms with Crippen LogP contribution < -0.4 is 10.6 Å². The molecular formula is C21H19ClFN3O2. The van der Waals surface area contributed by atoms with Gasteiger partial charge >= 0.3 is 0 Å². The van der Waals surface area contributed by atoms with Crippen molar-refractivity contribution in [1.82, 2.24) is 15.6 Å². The second kappa shape index (κ2) is 7.64. The molecule has 0 saturated carbocycles. The van der Waals surface area contributed by atoms with E-state index in [1.165, 1.54) is 12.1 Å². The zero-order chi connectivity index (χ0) is 19.7. The van der Waals surface area contributed by atoms with Crippen molar-refractivity contribution in [1.29, 1.82) is 0 Å². The molecule has 1 aliphatic rings. The first-order valence-corrected chi connectivity index (χ1v) is 9.53. The summed E-state index contributed by atoms with van der Waals surface area (Å²) in [6.45, 7) is 0.572. The van der Waals surface area contributed by atoms with Gasteiger partial charge in [0.15, 0.2) is 0 Å². The molecule has 1 aliphatic heterocycles. The fourth-order valence-electron chi connectivity index (χ4n) is 3.62. The largest absolute Gasteiger partial charge is 0.354 e. The maximum atomic E-state index is 14.0. The molecule has 1 atom stereocenters. The number of hydrogen-bond donors (Lipinski definition) is 3. The molecule has 0 aliphatic carbocycles. The first-order chi connectivity index (χ1) is 13.5. The van der Waals surface area contributed by atoms with E-state index in [1.807, 2.05) is 30.3 Å². The number of hydrogen-bond acceptors (Lipinski definition) is 2. The number of nitrogens with one attached hydrogen (secondary N) is 3. The molecule has 28 heavy (non-hydrogen) atoms. The average molecular weight is 400 g/mol. The van der Waals surface area contributed by atoms with Crippen molar-refractivity contribution < 1.29 is 14.0 Å². The SMILES string of the molecule is O=C(CCc1c(-c2ccccc2)[nH]c2c(Cl)cc(F)cc12)NC1CCNC1=O.